The lowest BCUT2D eigenvalue weighted by Crippen LogP contribution is -2.27. The van der Waals surface area contributed by atoms with Gasteiger partial charge < -0.3 is 24.3 Å². The zero-order valence-electron chi connectivity index (χ0n) is 16.1. The van der Waals surface area contributed by atoms with Crippen LogP contribution in [-0.2, 0) is 0 Å². The minimum Gasteiger partial charge on any atom is -0.493 e. The molecule has 0 fully saturated rings. The molecule has 0 aromatic heterocycles. The minimum atomic E-state index is -0.219. The van der Waals surface area contributed by atoms with Crippen LogP contribution in [0.15, 0.2) is 36.4 Å². The molecule has 2 aromatic carbocycles. The van der Waals surface area contributed by atoms with Gasteiger partial charge in [-0.3, -0.25) is 4.79 Å². The number of nitrogens with one attached hydrogen (secondary N) is 1. The van der Waals surface area contributed by atoms with Crippen molar-refractivity contribution in [1.29, 1.82) is 0 Å². The summed E-state index contributed by atoms with van der Waals surface area (Å²) in [6.07, 6.45) is 0. The zero-order chi connectivity index (χ0) is 19.4. The van der Waals surface area contributed by atoms with Crippen LogP contribution in [-0.4, -0.2) is 26.4 Å². The third-order valence-electron chi connectivity index (χ3n) is 4.25. The highest BCUT2D eigenvalue weighted by atomic mass is 16.7. The maximum Gasteiger partial charge on any atom is 0.255 e. The van der Waals surface area contributed by atoms with E-state index >= 15 is 0 Å². The minimum absolute atomic E-state index is 0.129. The molecule has 0 spiro atoms. The largest absolute Gasteiger partial charge is 0.493 e. The number of carbonyl (C=O) groups excluding carboxylic acids is 1. The van der Waals surface area contributed by atoms with Crippen molar-refractivity contribution in [3.8, 4) is 23.0 Å². The first-order valence-electron chi connectivity index (χ1n) is 8.99. The quantitative estimate of drug-likeness (QED) is 0.798. The van der Waals surface area contributed by atoms with Crippen LogP contribution in [0.4, 0.5) is 0 Å². The summed E-state index contributed by atoms with van der Waals surface area (Å²) in [5.41, 5.74) is 1.38. The van der Waals surface area contributed by atoms with Gasteiger partial charge in [-0.2, -0.15) is 0 Å². The summed E-state index contributed by atoms with van der Waals surface area (Å²) in [5.74, 6) is 2.61. The topological polar surface area (TPSA) is 66.0 Å². The molecule has 0 saturated carbocycles. The van der Waals surface area contributed by atoms with E-state index in [9.17, 15) is 4.79 Å². The number of ether oxygens (including phenoxy) is 4. The molecule has 1 N–H and O–H groups in total. The van der Waals surface area contributed by atoms with E-state index in [0.29, 0.717) is 41.1 Å². The molecule has 1 heterocycles. The van der Waals surface area contributed by atoms with E-state index in [-0.39, 0.29) is 18.7 Å². The number of hydrogen-bond donors (Lipinski definition) is 1. The number of benzene rings is 2. The van der Waals surface area contributed by atoms with Gasteiger partial charge in [0.05, 0.1) is 25.3 Å². The Morgan fingerprint density at radius 2 is 1.96 bits per heavy atom. The van der Waals surface area contributed by atoms with Crippen molar-refractivity contribution in [3.63, 3.8) is 0 Å². The molecule has 1 unspecified atom stereocenters. The van der Waals surface area contributed by atoms with Crippen LogP contribution in [0, 0.1) is 5.92 Å². The predicted molar refractivity (Wildman–Crippen MR) is 102 cm³/mol. The smallest absolute Gasteiger partial charge is 0.255 e. The van der Waals surface area contributed by atoms with Crippen LogP contribution in [0.25, 0.3) is 0 Å². The predicted octanol–water partition coefficient (Wildman–Crippen LogP) is 3.95. The normalized spacial score (nSPS) is 13.4. The molecule has 1 aliphatic rings. The average Bonchev–Trinajstić information content (AvgIpc) is 3.14. The second-order valence-electron chi connectivity index (χ2n) is 6.85. The fourth-order valence-electron chi connectivity index (χ4n) is 2.80. The Morgan fingerprint density at radius 3 is 2.70 bits per heavy atom. The molecule has 1 amide bonds. The summed E-state index contributed by atoms with van der Waals surface area (Å²) in [6.45, 7) is 6.84. The molecule has 144 valence electrons. The summed E-state index contributed by atoms with van der Waals surface area (Å²) in [6, 6.07) is 10.7. The molecule has 3 rings (SSSR count). The molecule has 1 aliphatic heterocycles. The molecule has 27 heavy (non-hydrogen) atoms. The molecular weight excluding hydrogens is 346 g/mol. The highest BCUT2D eigenvalue weighted by molar-refractivity contribution is 5.98. The maximum absolute atomic E-state index is 12.7. The number of para-hydroxylation sites is 1. The van der Waals surface area contributed by atoms with Crippen LogP contribution >= 0.6 is 0 Å². The molecule has 1 atom stereocenters. The highest BCUT2D eigenvalue weighted by Crippen LogP contribution is 2.36. The van der Waals surface area contributed by atoms with Gasteiger partial charge in [-0.05, 0) is 42.7 Å². The van der Waals surface area contributed by atoms with Crippen LogP contribution in [0.1, 0.15) is 42.7 Å². The van der Waals surface area contributed by atoms with E-state index in [4.69, 9.17) is 18.9 Å². The Bertz CT molecular complexity index is 818. The number of methoxy groups -OCH3 is 1. The highest BCUT2D eigenvalue weighted by Gasteiger charge is 2.23. The van der Waals surface area contributed by atoms with Crippen molar-refractivity contribution < 1.29 is 23.7 Å². The van der Waals surface area contributed by atoms with Crippen LogP contribution < -0.4 is 24.3 Å². The fourth-order valence-corrected chi connectivity index (χ4v) is 2.80. The summed E-state index contributed by atoms with van der Waals surface area (Å²) in [4.78, 5) is 12.7. The van der Waals surface area contributed by atoms with Gasteiger partial charge in [0.15, 0.2) is 23.0 Å². The van der Waals surface area contributed by atoms with Gasteiger partial charge in [0.1, 0.15) is 0 Å². The standard InChI is InChI=1S/C21H25NO5/c1-13(2)11-25-17-9-8-15(10-19(17)24-4)14(3)22-21(23)16-6-5-7-18-20(16)27-12-26-18/h5-10,13-14H,11-12H2,1-4H3,(H,22,23). The van der Waals surface area contributed by atoms with Crippen molar-refractivity contribution in [2.75, 3.05) is 20.5 Å². The Morgan fingerprint density at radius 1 is 1.15 bits per heavy atom. The van der Waals surface area contributed by atoms with E-state index in [2.05, 4.69) is 19.2 Å². The van der Waals surface area contributed by atoms with E-state index in [1.165, 1.54) is 0 Å². The molecule has 0 radical (unpaired) electrons. The maximum atomic E-state index is 12.7. The summed E-state index contributed by atoms with van der Waals surface area (Å²) >= 11 is 0. The van der Waals surface area contributed by atoms with Crippen LogP contribution in [0.5, 0.6) is 23.0 Å². The van der Waals surface area contributed by atoms with Gasteiger partial charge in [0.2, 0.25) is 6.79 Å². The first-order chi connectivity index (χ1) is 13.0. The van der Waals surface area contributed by atoms with E-state index in [0.717, 1.165) is 5.56 Å². The monoisotopic (exact) mass is 371 g/mol. The van der Waals surface area contributed by atoms with E-state index < -0.39 is 0 Å². The SMILES string of the molecule is COc1cc(C(C)NC(=O)c2cccc3c2OCO3)ccc1OCC(C)C. The Kier molecular flexibility index (Phi) is 5.74. The lowest BCUT2D eigenvalue weighted by molar-refractivity contribution is 0.0935. The summed E-state index contributed by atoms with van der Waals surface area (Å²) in [7, 11) is 1.61. The lowest BCUT2D eigenvalue weighted by atomic mass is 10.1. The Labute approximate surface area is 159 Å². The third kappa shape index (κ3) is 4.27. The van der Waals surface area contributed by atoms with Gasteiger partial charge in [-0.15, -0.1) is 0 Å². The van der Waals surface area contributed by atoms with Crippen molar-refractivity contribution >= 4 is 5.91 Å². The second-order valence-corrected chi connectivity index (χ2v) is 6.85. The van der Waals surface area contributed by atoms with Crippen molar-refractivity contribution in [3.05, 3.63) is 47.5 Å². The van der Waals surface area contributed by atoms with E-state index in [1.807, 2.05) is 25.1 Å². The number of fused-ring (bicyclic) bond motifs is 1. The zero-order valence-corrected chi connectivity index (χ0v) is 16.1. The number of carbonyl (C=O) groups is 1. The molecule has 6 nitrogen and oxygen atoms in total. The van der Waals surface area contributed by atoms with Crippen molar-refractivity contribution in [1.82, 2.24) is 5.32 Å². The van der Waals surface area contributed by atoms with Gasteiger partial charge >= 0.3 is 0 Å². The molecule has 0 aliphatic carbocycles. The van der Waals surface area contributed by atoms with Crippen molar-refractivity contribution in [2.24, 2.45) is 5.92 Å². The average molecular weight is 371 g/mol. The molecular formula is C21H25NO5. The van der Waals surface area contributed by atoms with Gasteiger partial charge in [-0.25, -0.2) is 0 Å². The second kappa shape index (κ2) is 8.20. The Balaban J connectivity index is 1.73. The van der Waals surface area contributed by atoms with Crippen LogP contribution in [0.2, 0.25) is 0 Å². The molecule has 2 aromatic rings. The summed E-state index contributed by atoms with van der Waals surface area (Å²) in [5, 5.41) is 2.99. The first-order valence-corrected chi connectivity index (χ1v) is 8.99. The molecule has 0 saturated heterocycles. The number of hydrogen-bond acceptors (Lipinski definition) is 5. The van der Waals surface area contributed by atoms with Gasteiger partial charge in [-0.1, -0.05) is 26.0 Å². The molecule has 6 heteroatoms. The fraction of sp³-hybridized carbons (Fsp3) is 0.381. The van der Waals surface area contributed by atoms with Gasteiger partial charge in [0, 0.05) is 0 Å². The number of rotatable bonds is 7. The van der Waals surface area contributed by atoms with Gasteiger partial charge in [0.25, 0.3) is 5.91 Å². The molecule has 0 bridgehead atoms. The lowest BCUT2D eigenvalue weighted by Gasteiger charge is -2.18. The number of amides is 1. The first kappa shape index (κ1) is 18.9. The van der Waals surface area contributed by atoms with E-state index in [1.54, 1.807) is 25.3 Å². The van der Waals surface area contributed by atoms with Crippen LogP contribution in [0.3, 0.4) is 0 Å². The van der Waals surface area contributed by atoms with Crippen molar-refractivity contribution in [2.45, 2.75) is 26.8 Å². The Hall–Kier alpha value is -2.89. The summed E-state index contributed by atoms with van der Waals surface area (Å²) < 4.78 is 22.0. The third-order valence-corrected chi connectivity index (χ3v) is 4.25.